The Balaban J connectivity index is 2.25. The number of nitrogens with zero attached hydrogens (tertiary/aromatic N) is 1. The maximum Gasteiger partial charge on any atom is 0.416 e. The standard InChI is InChI=1S/C20H13ClF3NO8S/c1-32-18(28)9-34-19(29)16(27)8-15(26)12-7-11(3-4-14(12)25(30)31)33-17-5-2-10(6-13(17)21)20(22,23)24/h2-7H,8-9H2,1H3. The number of hydrogen-bond donors (Lipinski definition) is 0. The minimum absolute atomic E-state index is 0.200. The predicted octanol–water partition coefficient (Wildman–Crippen LogP) is 4.63. The lowest BCUT2D eigenvalue weighted by Crippen LogP contribution is -2.18. The maximum atomic E-state index is 12.8. The van der Waals surface area contributed by atoms with Crippen molar-refractivity contribution in [2.24, 2.45) is 0 Å². The molecule has 0 fully saturated rings. The molecule has 0 amide bonds. The quantitative estimate of drug-likeness (QED) is 0.116. The third-order valence-corrected chi connectivity index (χ3v) is 5.21. The van der Waals surface area contributed by atoms with Gasteiger partial charge in [0.2, 0.25) is 5.78 Å². The fourth-order valence-electron chi connectivity index (χ4n) is 2.43. The van der Waals surface area contributed by atoms with Crippen LogP contribution in [0.1, 0.15) is 22.3 Å². The van der Waals surface area contributed by atoms with Crippen LogP contribution >= 0.6 is 23.4 Å². The third kappa shape index (κ3) is 7.02. The van der Waals surface area contributed by atoms with Gasteiger partial charge < -0.3 is 9.47 Å². The monoisotopic (exact) mass is 519 g/mol. The molecule has 2 aromatic carbocycles. The number of hydrogen-bond acceptors (Lipinski definition) is 9. The SMILES string of the molecule is COC(=O)CSC(=O)C(=O)CC(=O)c1cc(Oc2ccc(C(F)(F)F)cc2Cl)ccc1[N+](=O)[O-]. The van der Waals surface area contributed by atoms with Gasteiger partial charge in [0, 0.05) is 6.07 Å². The van der Waals surface area contributed by atoms with E-state index in [1.54, 1.807) is 0 Å². The first-order valence-electron chi connectivity index (χ1n) is 8.96. The van der Waals surface area contributed by atoms with Gasteiger partial charge in [0.1, 0.15) is 11.5 Å². The van der Waals surface area contributed by atoms with E-state index in [1.165, 1.54) is 0 Å². The summed E-state index contributed by atoms with van der Waals surface area (Å²) in [5, 5.41) is 9.76. The zero-order chi connectivity index (χ0) is 25.6. The van der Waals surface area contributed by atoms with E-state index in [2.05, 4.69) is 4.74 Å². The van der Waals surface area contributed by atoms with Gasteiger partial charge in [-0.15, -0.1) is 0 Å². The zero-order valence-corrected chi connectivity index (χ0v) is 18.6. The molecule has 0 spiro atoms. The second-order valence-electron chi connectivity index (χ2n) is 6.36. The molecular formula is C20H13ClF3NO8S. The summed E-state index contributed by atoms with van der Waals surface area (Å²) in [7, 11) is 1.07. The average Bonchev–Trinajstić information content (AvgIpc) is 2.77. The highest BCUT2D eigenvalue weighted by atomic mass is 35.5. The van der Waals surface area contributed by atoms with Crippen molar-refractivity contribution < 1.29 is 46.7 Å². The fraction of sp³-hybridized carbons (Fsp3) is 0.200. The Labute approximate surface area is 198 Å². The van der Waals surface area contributed by atoms with Crippen molar-refractivity contribution in [2.45, 2.75) is 12.6 Å². The zero-order valence-electron chi connectivity index (χ0n) is 17.0. The molecule has 0 aliphatic heterocycles. The second kappa shape index (κ2) is 11.1. The Morgan fingerprint density at radius 1 is 1.12 bits per heavy atom. The molecule has 14 heteroatoms. The van der Waals surface area contributed by atoms with Crippen molar-refractivity contribution in [1.29, 1.82) is 0 Å². The Morgan fingerprint density at radius 2 is 1.79 bits per heavy atom. The average molecular weight is 520 g/mol. The molecule has 180 valence electrons. The van der Waals surface area contributed by atoms with Gasteiger partial charge in [0.15, 0.2) is 5.78 Å². The van der Waals surface area contributed by atoms with Crippen molar-refractivity contribution in [1.82, 2.24) is 0 Å². The minimum atomic E-state index is -4.64. The summed E-state index contributed by atoms with van der Waals surface area (Å²) in [5.41, 5.74) is -2.30. The molecule has 0 heterocycles. The number of ether oxygens (including phenoxy) is 2. The van der Waals surface area contributed by atoms with Crippen LogP contribution in [0, 0.1) is 10.1 Å². The van der Waals surface area contributed by atoms with Crippen LogP contribution < -0.4 is 4.74 Å². The number of ketones is 2. The third-order valence-electron chi connectivity index (χ3n) is 4.05. The van der Waals surface area contributed by atoms with E-state index in [0.29, 0.717) is 23.9 Å². The van der Waals surface area contributed by atoms with Gasteiger partial charge in [-0.05, 0) is 30.3 Å². The summed E-state index contributed by atoms with van der Waals surface area (Å²) in [6, 6.07) is 5.10. The number of Topliss-reactive ketones (excluding diaryl/α,β-unsaturated/α-hetero) is 2. The normalized spacial score (nSPS) is 11.0. The van der Waals surface area contributed by atoms with E-state index in [4.69, 9.17) is 16.3 Å². The Hall–Kier alpha value is -3.45. The lowest BCUT2D eigenvalue weighted by atomic mass is 10.0. The van der Waals surface area contributed by atoms with Crippen molar-refractivity contribution in [3.8, 4) is 11.5 Å². The number of methoxy groups -OCH3 is 1. The summed E-state index contributed by atoms with van der Waals surface area (Å²) in [5.74, 6) is -3.97. The van der Waals surface area contributed by atoms with E-state index >= 15 is 0 Å². The molecule has 0 unspecified atom stereocenters. The molecule has 0 bridgehead atoms. The number of esters is 1. The molecule has 34 heavy (non-hydrogen) atoms. The number of halogens is 4. The van der Waals surface area contributed by atoms with Crippen LogP contribution in [0.15, 0.2) is 36.4 Å². The molecule has 0 aliphatic rings. The second-order valence-corrected chi connectivity index (χ2v) is 7.71. The largest absolute Gasteiger partial charge is 0.468 e. The lowest BCUT2D eigenvalue weighted by molar-refractivity contribution is -0.385. The van der Waals surface area contributed by atoms with Gasteiger partial charge in [-0.3, -0.25) is 29.3 Å². The van der Waals surface area contributed by atoms with Gasteiger partial charge in [0.05, 0.1) is 40.4 Å². The molecule has 0 N–H and O–H groups in total. The molecule has 0 aromatic heterocycles. The number of benzene rings is 2. The maximum absolute atomic E-state index is 12.8. The van der Waals surface area contributed by atoms with E-state index < -0.39 is 67.8 Å². The first-order valence-corrected chi connectivity index (χ1v) is 10.3. The number of thioether (sulfide) groups is 1. The summed E-state index contributed by atoms with van der Waals surface area (Å²) < 4.78 is 48.0. The van der Waals surface area contributed by atoms with Gasteiger partial charge >= 0.3 is 12.1 Å². The Bertz CT molecular complexity index is 1170. The summed E-state index contributed by atoms with van der Waals surface area (Å²) >= 11 is 6.12. The van der Waals surface area contributed by atoms with E-state index in [1.807, 2.05) is 0 Å². The van der Waals surface area contributed by atoms with E-state index in [9.17, 15) is 42.5 Å². The summed E-state index contributed by atoms with van der Waals surface area (Å²) in [6.07, 6.45) is -5.67. The van der Waals surface area contributed by atoms with Crippen molar-refractivity contribution in [2.75, 3.05) is 12.9 Å². The van der Waals surface area contributed by atoms with Gasteiger partial charge in [-0.2, -0.15) is 13.2 Å². The molecule has 2 aromatic rings. The fourth-order valence-corrected chi connectivity index (χ4v) is 3.24. The summed E-state index contributed by atoms with van der Waals surface area (Å²) in [6.45, 7) is 0. The number of carbonyl (C=O) groups is 4. The smallest absolute Gasteiger partial charge is 0.416 e. The van der Waals surface area contributed by atoms with Crippen LogP contribution in [-0.4, -0.2) is 40.4 Å². The molecule has 9 nitrogen and oxygen atoms in total. The first kappa shape index (κ1) is 26.8. The van der Waals surface area contributed by atoms with Crippen molar-refractivity contribution >= 4 is 51.7 Å². The molecule has 0 aliphatic carbocycles. The lowest BCUT2D eigenvalue weighted by Gasteiger charge is -2.12. The first-order chi connectivity index (χ1) is 15.8. The Kier molecular flexibility index (Phi) is 8.76. The van der Waals surface area contributed by atoms with Crippen LogP contribution in [0.25, 0.3) is 0 Å². The molecule has 2 rings (SSSR count). The highest BCUT2D eigenvalue weighted by molar-refractivity contribution is 8.15. The number of nitro groups is 1. The number of carbonyl (C=O) groups excluding carboxylic acids is 4. The van der Waals surface area contributed by atoms with Crippen LogP contribution in [0.2, 0.25) is 5.02 Å². The molecule has 0 saturated heterocycles. The van der Waals surface area contributed by atoms with Crippen LogP contribution in [0.3, 0.4) is 0 Å². The Morgan fingerprint density at radius 3 is 2.35 bits per heavy atom. The topological polar surface area (TPSA) is 130 Å². The van der Waals surface area contributed by atoms with Crippen LogP contribution in [0.4, 0.5) is 18.9 Å². The number of nitro benzene ring substituents is 1. The minimum Gasteiger partial charge on any atom is -0.468 e. The predicted molar refractivity (Wildman–Crippen MR) is 113 cm³/mol. The van der Waals surface area contributed by atoms with Gasteiger partial charge in [-0.1, -0.05) is 23.4 Å². The van der Waals surface area contributed by atoms with Crippen molar-refractivity contribution in [3.63, 3.8) is 0 Å². The highest BCUT2D eigenvalue weighted by Crippen LogP contribution is 2.37. The van der Waals surface area contributed by atoms with Crippen molar-refractivity contribution in [3.05, 3.63) is 62.7 Å². The van der Waals surface area contributed by atoms with Gasteiger partial charge in [-0.25, -0.2) is 0 Å². The highest BCUT2D eigenvalue weighted by Gasteiger charge is 2.31. The summed E-state index contributed by atoms with van der Waals surface area (Å²) in [4.78, 5) is 57.7. The molecule has 0 saturated carbocycles. The number of rotatable bonds is 9. The van der Waals surface area contributed by atoms with E-state index in [0.717, 1.165) is 31.4 Å². The van der Waals surface area contributed by atoms with Crippen LogP contribution in [-0.2, 0) is 25.3 Å². The van der Waals surface area contributed by atoms with E-state index in [-0.39, 0.29) is 11.5 Å². The molecular weight excluding hydrogens is 507 g/mol. The molecule has 0 atom stereocenters. The van der Waals surface area contributed by atoms with Crippen LogP contribution in [0.5, 0.6) is 11.5 Å². The number of alkyl halides is 3. The molecule has 0 radical (unpaired) electrons. The van der Waals surface area contributed by atoms with Gasteiger partial charge in [0.25, 0.3) is 10.8 Å².